The molecule has 1 unspecified atom stereocenters. The van der Waals surface area contributed by atoms with Crippen LogP contribution in [0.5, 0.6) is 0 Å². The number of fused-ring (bicyclic) bond motifs is 8. The fourth-order valence-electron chi connectivity index (χ4n) is 7.79. The number of hydrogen-bond donors (Lipinski definition) is 1. The van der Waals surface area contributed by atoms with Gasteiger partial charge >= 0.3 is 35.0 Å². The smallest absolute Gasteiger partial charge is 0.681 e. The summed E-state index contributed by atoms with van der Waals surface area (Å²) in [6.07, 6.45) is 10.3. The number of aliphatic hydroxyl groups is 1. The van der Waals surface area contributed by atoms with E-state index in [1.54, 1.807) is 0 Å². The van der Waals surface area contributed by atoms with Crippen LogP contribution in [-0.2, 0) is 31.9 Å². The standard InChI is InChI=1S/C40H46N4O5.Mg/c1-10-24-20(5)27-16-29-22(7)26(12-13-33(45)49-15-14-19(3)4)37(43-29)35-36(40(47)48-9)39(46)34-23(8)30(44-38(34)35)18-32-25(11-2)21(6)28(42-32)17-31(24)41-27;/h14,16-18,22,26,36-37,46H,10-13,15H2,1-9H3;/q-4;+2/b28-17-,29-16-,32-18-;/t22-,26-,36+,37?;/m0./s1. The number of aromatic nitrogens is 3. The number of esters is 2. The minimum Gasteiger partial charge on any atom is -0.681 e. The SMILES string of the molecule is CCc1c2[n-]c(c1C)/C=C1\[N-]C(C3=c4[n-]c(c(C)c4=C(O)[C@@H]3C(=O)OC)/C=c3\[n-]/c(c(C)c3CC)=C\2)[C@@H](CCC(=O)OCC=C(C)C)[C@@H]1C.[Mg+2]. The van der Waals surface area contributed by atoms with Crippen molar-refractivity contribution in [2.45, 2.75) is 87.1 Å². The molecule has 3 aliphatic rings. The second-order valence-electron chi connectivity index (χ2n) is 13.7. The van der Waals surface area contributed by atoms with E-state index in [1.165, 1.54) is 7.11 Å². The molecule has 0 saturated carbocycles. The fourth-order valence-corrected chi connectivity index (χ4v) is 7.79. The molecule has 10 heteroatoms. The number of carbonyl (C=O) groups is 2. The van der Waals surface area contributed by atoms with Gasteiger partial charge in [0.25, 0.3) is 0 Å². The molecule has 260 valence electrons. The molecule has 0 radical (unpaired) electrons. The average Bonchev–Trinajstić information content (AvgIpc) is 3.80. The first kappa shape index (κ1) is 37.4. The van der Waals surface area contributed by atoms with Crippen molar-refractivity contribution in [3.63, 3.8) is 0 Å². The summed E-state index contributed by atoms with van der Waals surface area (Å²) in [5.74, 6) is -2.26. The molecular weight excluding hydrogens is 641 g/mol. The van der Waals surface area contributed by atoms with Crippen molar-refractivity contribution in [1.29, 1.82) is 0 Å². The zero-order valence-electron chi connectivity index (χ0n) is 30.7. The first-order valence-corrected chi connectivity index (χ1v) is 17.3. The molecule has 1 saturated heterocycles. The predicted octanol–water partition coefficient (Wildman–Crippen LogP) is 3.16. The second-order valence-corrected chi connectivity index (χ2v) is 13.7. The Hall–Kier alpha value is -3.89. The number of carbonyl (C=O) groups excluding carboxylic acids is 2. The van der Waals surface area contributed by atoms with E-state index >= 15 is 0 Å². The van der Waals surface area contributed by atoms with E-state index in [-0.39, 0.29) is 59.6 Å². The van der Waals surface area contributed by atoms with Crippen LogP contribution in [0.4, 0.5) is 0 Å². The summed E-state index contributed by atoms with van der Waals surface area (Å²) in [7, 11) is 1.32. The molecule has 2 aliphatic heterocycles. The van der Waals surface area contributed by atoms with Gasteiger partial charge in [-0.1, -0.05) is 84.0 Å². The number of allylic oxidation sites excluding steroid dienone is 2. The molecule has 8 bridgehead atoms. The normalized spacial score (nSPS) is 22.7. The topological polar surface area (TPSA) is 129 Å². The monoisotopic (exact) mass is 686 g/mol. The van der Waals surface area contributed by atoms with E-state index in [2.05, 4.69) is 40.7 Å². The van der Waals surface area contributed by atoms with Gasteiger partial charge < -0.3 is 34.8 Å². The van der Waals surface area contributed by atoms with Gasteiger partial charge in [-0.25, -0.2) is 0 Å². The molecular formula is C40H46MgN4O5-2. The van der Waals surface area contributed by atoms with Crippen LogP contribution in [0.2, 0.25) is 0 Å². The van der Waals surface area contributed by atoms with Crippen LogP contribution >= 0.6 is 0 Å². The van der Waals surface area contributed by atoms with Crippen molar-refractivity contribution < 1.29 is 24.2 Å². The molecule has 50 heavy (non-hydrogen) atoms. The van der Waals surface area contributed by atoms with Crippen molar-refractivity contribution in [2.75, 3.05) is 13.7 Å². The van der Waals surface area contributed by atoms with E-state index in [0.29, 0.717) is 28.3 Å². The quantitative estimate of drug-likeness (QED) is 0.218. The Morgan fingerprint density at radius 1 is 0.900 bits per heavy atom. The first-order valence-electron chi connectivity index (χ1n) is 17.3. The molecule has 3 aromatic heterocycles. The van der Waals surface area contributed by atoms with E-state index in [4.69, 9.17) is 29.7 Å². The predicted molar refractivity (Wildman–Crippen MR) is 196 cm³/mol. The molecule has 4 atom stereocenters. The number of methoxy groups -OCH3 is 1. The van der Waals surface area contributed by atoms with Gasteiger partial charge in [-0.2, -0.15) is 5.70 Å². The van der Waals surface area contributed by atoms with Crippen LogP contribution in [0, 0.1) is 38.5 Å². The minimum absolute atomic E-state index is 0. The Morgan fingerprint density at radius 3 is 2.24 bits per heavy atom. The van der Waals surface area contributed by atoms with E-state index in [9.17, 15) is 14.7 Å². The third-order valence-electron chi connectivity index (χ3n) is 10.6. The van der Waals surface area contributed by atoms with Crippen molar-refractivity contribution >= 4 is 64.6 Å². The summed E-state index contributed by atoms with van der Waals surface area (Å²) < 4.78 is 10.8. The summed E-state index contributed by atoms with van der Waals surface area (Å²) in [6, 6.07) is -0.543. The summed E-state index contributed by atoms with van der Waals surface area (Å²) in [5.41, 5.74) is 10.2. The Bertz CT molecular complexity index is 2160. The number of hydrogen-bond acceptors (Lipinski definition) is 5. The summed E-state index contributed by atoms with van der Waals surface area (Å²) in [6.45, 7) is 16.6. The molecule has 5 heterocycles. The van der Waals surface area contributed by atoms with Crippen LogP contribution in [-0.4, -0.2) is 59.9 Å². The second kappa shape index (κ2) is 14.8. The molecule has 3 aromatic rings. The maximum absolute atomic E-state index is 13.4. The van der Waals surface area contributed by atoms with Gasteiger partial charge in [-0.15, -0.1) is 33.1 Å². The van der Waals surface area contributed by atoms with Gasteiger partial charge in [0.2, 0.25) is 0 Å². The molecule has 1 N–H and O–H groups in total. The number of rotatable bonds is 8. The molecule has 0 aromatic carbocycles. The number of aliphatic hydroxyl groups excluding tert-OH is 1. The van der Waals surface area contributed by atoms with E-state index in [1.807, 2.05) is 39.0 Å². The Kier molecular flexibility index (Phi) is 11.0. The van der Waals surface area contributed by atoms with Crippen LogP contribution in [0.25, 0.3) is 34.9 Å². The van der Waals surface area contributed by atoms with E-state index in [0.717, 1.165) is 74.0 Å². The largest absolute Gasteiger partial charge is 2.00 e. The van der Waals surface area contributed by atoms with Gasteiger partial charge in [0.05, 0.1) is 7.11 Å². The first-order chi connectivity index (χ1) is 23.4. The summed E-state index contributed by atoms with van der Waals surface area (Å²) in [4.78, 5) is 41.6. The number of nitrogens with zero attached hydrogens (tertiary/aromatic N) is 4. The molecule has 0 amide bonds. The maximum atomic E-state index is 13.4. The van der Waals surface area contributed by atoms with E-state index < -0.39 is 17.9 Å². The van der Waals surface area contributed by atoms with Crippen LogP contribution in [0.3, 0.4) is 0 Å². The third-order valence-corrected chi connectivity index (χ3v) is 10.6. The van der Waals surface area contributed by atoms with Gasteiger partial charge in [0.1, 0.15) is 18.3 Å². The van der Waals surface area contributed by atoms with Crippen molar-refractivity contribution in [1.82, 2.24) is 15.0 Å². The molecule has 1 aliphatic carbocycles. The van der Waals surface area contributed by atoms with Crippen LogP contribution < -0.4 is 36.2 Å². The Labute approximate surface area is 309 Å². The van der Waals surface area contributed by atoms with Crippen molar-refractivity contribution in [3.8, 4) is 0 Å². The average molecular weight is 687 g/mol. The minimum atomic E-state index is -1.05. The number of ether oxygens (including phenoxy) is 2. The molecule has 6 rings (SSSR count). The molecule has 1 fully saturated rings. The Balaban J connectivity index is 0.00000486. The van der Waals surface area contributed by atoms with Gasteiger partial charge in [0, 0.05) is 11.6 Å². The molecule has 9 nitrogen and oxygen atoms in total. The zero-order chi connectivity index (χ0) is 35.3. The van der Waals surface area contributed by atoms with Crippen molar-refractivity contribution in [3.05, 3.63) is 88.8 Å². The van der Waals surface area contributed by atoms with Gasteiger partial charge in [0.15, 0.2) is 0 Å². The molecule has 0 spiro atoms. The zero-order valence-corrected chi connectivity index (χ0v) is 32.1. The summed E-state index contributed by atoms with van der Waals surface area (Å²) >= 11 is 0. The van der Waals surface area contributed by atoms with Gasteiger partial charge in [-0.05, 0) is 71.8 Å². The van der Waals surface area contributed by atoms with Crippen molar-refractivity contribution in [2.24, 2.45) is 17.8 Å². The van der Waals surface area contributed by atoms with Crippen LogP contribution in [0.1, 0.15) is 92.4 Å². The fraction of sp³-hybridized carbons (Fsp3) is 0.450. The summed E-state index contributed by atoms with van der Waals surface area (Å²) in [5, 5.41) is 19.8. The van der Waals surface area contributed by atoms with Gasteiger partial charge in [-0.3, -0.25) is 9.59 Å². The maximum Gasteiger partial charge on any atom is 2.00 e. The third kappa shape index (κ3) is 6.41. The van der Waals surface area contributed by atoms with Crippen LogP contribution in [0.15, 0.2) is 17.3 Å². The Morgan fingerprint density at radius 2 is 1.58 bits per heavy atom.